The molecule has 1 aliphatic carbocycles. The van der Waals surface area contributed by atoms with Gasteiger partial charge in [0.2, 0.25) is 15.9 Å². The van der Waals surface area contributed by atoms with Gasteiger partial charge in [-0.3, -0.25) is 14.5 Å². The number of nitrogens with zero attached hydrogens (tertiary/aromatic N) is 3. The zero-order chi connectivity index (χ0) is 25.4. The first-order valence-electron chi connectivity index (χ1n) is 13.4. The zero-order valence-electron chi connectivity index (χ0n) is 21.4. The van der Waals surface area contributed by atoms with E-state index in [-0.39, 0.29) is 29.2 Å². The van der Waals surface area contributed by atoms with Crippen LogP contribution in [0, 0.1) is 12.8 Å². The molecule has 1 aromatic carbocycles. The first-order valence-corrected chi connectivity index (χ1v) is 14.8. The zero-order valence-corrected chi connectivity index (χ0v) is 22.2. The first-order chi connectivity index (χ1) is 17.2. The lowest BCUT2D eigenvalue weighted by molar-refractivity contribution is -0.139. The van der Waals surface area contributed by atoms with Gasteiger partial charge in [-0.15, -0.1) is 0 Å². The normalized spacial score (nSPS) is 26.7. The van der Waals surface area contributed by atoms with Gasteiger partial charge in [0.15, 0.2) is 6.10 Å². The van der Waals surface area contributed by atoms with Crippen molar-refractivity contribution in [1.29, 1.82) is 0 Å². The average molecular weight is 519 g/mol. The van der Waals surface area contributed by atoms with Gasteiger partial charge in [-0.2, -0.15) is 4.31 Å². The highest BCUT2D eigenvalue weighted by Crippen LogP contribution is 2.36. The molecule has 10 heteroatoms. The van der Waals surface area contributed by atoms with Gasteiger partial charge in [0.05, 0.1) is 16.5 Å². The number of anilines is 1. The van der Waals surface area contributed by atoms with E-state index in [0.29, 0.717) is 42.4 Å². The summed E-state index contributed by atoms with van der Waals surface area (Å²) in [5, 5.41) is 2.76. The number of fused-ring (bicyclic) bond motifs is 1. The average Bonchev–Trinajstić information content (AvgIpc) is 2.89. The highest BCUT2D eigenvalue weighted by Gasteiger charge is 2.38. The third kappa shape index (κ3) is 4.99. The van der Waals surface area contributed by atoms with E-state index in [1.54, 1.807) is 19.9 Å². The van der Waals surface area contributed by atoms with Crippen molar-refractivity contribution in [1.82, 2.24) is 14.1 Å². The summed E-state index contributed by atoms with van der Waals surface area (Å²) in [5.41, 5.74) is 1.02. The monoisotopic (exact) mass is 518 g/mol. The molecule has 1 N–H and O–H groups in total. The molecule has 0 radical (unpaired) electrons. The number of sulfonamides is 1. The Morgan fingerprint density at radius 2 is 1.72 bits per heavy atom. The minimum atomic E-state index is -3.82. The maximum absolute atomic E-state index is 13.7. The summed E-state index contributed by atoms with van der Waals surface area (Å²) in [6.45, 7) is 7.22. The predicted molar refractivity (Wildman–Crippen MR) is 136 cm³/mol. The Balaban J connectivity index is 1.25. The summed E-state index contributed by atoms with van der Waals surface area (Å²) in [4.78, 5) is 30.0. The Labute approximate surface area is 214 Å². The predicted octanol–water partition coefficient (Wildman–Crippen LogP) is 2.59. The fourth-order valence-electron chi connectivity index (χ4n) is 6.13. The van der Waals surface area contributed by atoms with E-state index >= 15 is 0 Å². The topological polar surface area (TPSA) is 99.3 Å². The number of carbonyl (C=O) groups excluding carboxylic acids is 2. The van der Waals surface area contributed by atoms with E-state index in [1.807, 2.05) is 4.90 Å². The van der Waals surface area contributed by atoms with Gasteiger partial charge in [-0.25, -0.2) is 8.42 Å². The molecule has 0 aromatic heterocycles. The minimum absolute atomic E-state index is 0.0835. The van der Waals surface area contributed by atoms with Gasteiger partial charge < -0.3 is 15.0 Å². The van der Waals surface area contributed by atoms with Crippen molar-refractivity contribution >= 4 is 27.5 Å². The smallest absolute Gasteiger partial charge is 0.265 e. The standard InChI is InChI=1S/C26H38N4O5S/c1-18-15-22-23(35-19(2)25(31)27-22)16-24(18)36(33,34)30-10-6-7-20(17-30)26(32)29-13-11-28(12-14-29)21-8-4-3-5-9-21/h15-16,19-21H,3-14,17H2,1-2H3,(H,27,31)/t19-,20-/m1/s1. The Kier molecular flexibility index (Phi) is 7.29. The summed E-state index contributed by atoms with van der Waals surface area (Å²) in [6, 6.07) is 3.81. The molecule has 9 nitrogen and oxygen atoms in total. The molecule has 3 aliphatic heterocycles. The van der Waals surface area contributed by atoms with Crippen molar-refractivity contribution in [2.45, 2.75) is 75.8 Å². The molecule has 36 heavy (non-hydrogen) atoms. The molecule has 0 unspecified atom stereocenters. The SMILES string of the molecule is Cc1cc2c(cc1S(=O)(=O)N1CCC[C@@H](C(=O)N3CCN(C4CCCCC4)CC3)C1)O[C@H](C)C(=O)N2. The van der Waals surface area contributed by atoms with Crippen LogP contribution in [-0.4, -0.2) is 85.8 Å². The van der Waals surface area contributed by atoms with Crippen LogP contribution in [0.2, 0.25) is 0 Å². The molecule has 2 amide bonds. The lowest BCUT2D eigenvalue weighted by Crippen LogP contribution is -2.55. The van der Waals surface area contributed by atoms with E-state index in [4.69, 9.17) is 4.74 Å². The number of hydrogen-bond acceptors (Lipinski definition) is 6. The Hall–Kier alpha value is -2.17. The van der Waals surface area contributed by atoms with Gasteiger partial charge >= 0.3 is 0 Å². The van der Waals surface area contributed by atoms with E-state index in [0.717, 1.165) is 26.2 Å². The van der Waals surface area contributed by atoms with Crippen LogP contribution in [0.4, 0.5) is 5.69 Å². The summed E-state index contributed by atoms with van der Waals surface area (Å²) < 4.78 is 34.4. The number of carbonyl (C=O) groups is 2. The van der Waals surface area contributed by atoms with E-state index in [2.05, 4.69) is 10.2 Å². The molecule has 2 atom stereocenters. The molecule has 5 rings (SSSR count). The number of piperazine rings is 1. The van der Waals surface area contributed by atoms with Crippen molar-refractivity contribution in [3.05, 3.63) is 17.7 Å². The second kappa shape index (κ2) is 10.3. The Morgan fingerprint density at radius 3 is 2.44 bits per heavy atom. The van der Waals surface area contributed by atoms with Gasteiger partial charge in [-0.1, -0.05) is 19.3 Å². The molecule has 3 fully saturated rings. The summed E-state index contributed by atoms with van der Waals surface area (Å²) in [7, 11) is -3.82. The van der Waals surface area contributed by atoms with Crippen molar-refractivity contribution in [3.63, 3.8) is 0 Å². The molecule has 1 saturated carbocycles. The molecule has 198 valence electrons. The highest BCUT2D eigenvalue weighted by molar-refractivity contribution is 7.89. The molecule has 1 aromatic rings. The molecule has 0 spiro atoms. The maximum Gasteiger partial charge on any atom is 0.265 e. The van der Waals surface area contributed by atoms with Crippen molar-refractivity contribution in [3.8, 4) is 5.75 Å². The fourth-order valence-corrected chi connectivity index (χ4v) is 7.88. The van der Waals surface area contributed by atoms with Gasteiger partial charge in [0.25, 0.3) is 5.91 Å². The Morgan fingerprint density at radius 1 is 1.00 bits per heavy atom. The van der Waals surface area contributed by atoms with Gasteiger partial charge in [0.1, 0.15) is 5.75 Å². The number of rotatable bonds is 4. The molecule has 3 heterocycles. The fraction of sp³-hybridized carbons (Fsp3) is 0.692. The first kappa shape index (κ1) is 25.5. The number of benzene rings is 1. The molecule has 2 saturated heterocycles. The van der Waals surface area contributed by atoms with Crippen LogP contribution in [0.3, 0.4) is 0 Å². The maximum atomic E-state index is 13.7. The van der Waals surface area contributed by atoms with Crippen LogP contribution in [0.1, 0.15) is 57.4 Å². The van der Waals surface area contributed by atoms with E-state index < -0.39 is 16.1 Å². The van der Waals surface area contributed by atoms with Crippen LogP contribution in [0.25, 0.3) is 0 Å². The van der Waals surface area contributed by atoms with Crippen LogP contribution >= 0.6 is 0 Å². The van der Waals surface area contributed by atoms with Crippen LogP contribution < -0.4 is 10.1 Å². The number of piperidine rings is 1. The minimum Gasteiger partial charge on any atom is -0.479 e. The number of ether oxygens (including phenoxy) is 1. The highest BCUT2D eigenvalue weighted by atomic mass is 32.2. The number of aryl methyl sites for hydroxylation is 1. The third-order valence-electron chi connectivity index (χ3n) is 8.28. The second-order valence-electron chi connectivity index (χ2n) is 10.7. The quantitative estimate of drug-likeness (QED) is 0.658. The van der Waals surface area contributed by atoms with E-state index in [9.17, 15) is 18.0 Å². The van der Waals surface area contributed by atoms with Crippen molar-refractivity contribution in [2.24, 2.45) is 5.92 Å². The third-order valence-corrected chi connectivity index (χ3v) is 10.3. The van der Waals surface area contributed by atoms with Crippen LogP contribution in [0.5, 0.6) is 5.75 Å². The van der Waals surface area contributed by atoms with Crippen LogP contribution in [0.15, 0.2) is 17.0 Å². The van der Waals surface area contributed by atoms with E-state index in [1.165, 1.54) is 42.5 Å². The lowest BCUT2D eigenvalue weighted by atomic mass is 9.93. The summed E-state index contributed by atoms with van der Waals surface area (Å²) in [6.07, 6.45) is 7.16. The van der Waals surface area contributed by atoms with Crippen molar-refractivity contribution in [2.75, 3.05) is 44.6 Å². The second-order valence-corrected chi connectivity index (χ2v) is 12.6. The largest absolute Gasteiger partial charge is 0.479 e. The molecule has 4 aliphatic rings. The van der Waals surface area contributed by atoms with Gasteiger partial charge in [-0.05, 0) is 51.2 Å². The number of hydrogen-bond donors (Lipinski definition) is 1. The molecular weight excluding hydrogens is 480 g/mol. The van der Waals surface area contributed by atoms with Crippen LogP contribution in [-0.2, 0) is 19.6 Å². The van der Waals surface area contributed by atoms with Gasteiger partial charge in [0, 0.05) is 51.4 Å². The Bertz CT molecular complexity index is 1110. The summed E-state index contributed by atoms with van der Waals surface area (Å²) >= 11 is 0. The summed E-state index contributed by atoms with van der Waals surface area (Å²) in [5.74, 6) is -0.135. The molecule has 0 bridgehead atoms. The van der Waals surface area contributed by atoms with Crippen molar-refractivity contribution < 1.29 is 22.7 Å². The lowest BCUT2D eigenvalue weighted by Gasteiger charge is -2.42. The number of nitrogens with one attached hydrogen (secondary N) is 1. The number of amides is 2. The molecular formula is C26H38N4O5S.